The van der Waals surface area contributed by atoms with Crippen molar-refractivity contribution in [1.82, 2.24) is 9.55 Å². The fourth-order valence-corrected chi connectivity index (χ4v) is 10.1. The third kappa shape index (κ3) is 40.7. The molecule has 1 aliphatic rings. The van der Waals surface area contributed by atoms with Crippen LogP contribution in [0.3, 0.4) is 0 Å². The first kappa shape index (κ1) is 95.8. The van der Waals surface area contributed by atoms with Crippen LogP contribution in [-0.2, 0) is 42.7 Å². The number of hydrogen-bond donors (Lipinski definition) is 3. The van der Waals surface area contributed by atoms with Crippen molar-refractivity contribution in [3.05, 3.63) is 290 Å². The van der Waals surface area contributed by atoms with Crippen LogP contribution in [0.15, 0.2) is 234 Å². The van der Waals surface area contributed by atoms with Crippen LogP contribution in [0.4, 0.5) is 81.6 Å². The highest BCUT2D eigenvalue weighted by atomic mass is 32.2. The molecule has 6 atom stereocenters. The molecule has 1 saturated heterocycles. The maximum absolute atomic E-state index is 13.7. The zero-order chi connectivity index (χ0) is 83.8. The number of azide groups is 1. The summed E-state index contributed by atoms with van der Waals surface area (Å²) >= 11 is 0. The predicted molar refractivity (Wildman–Crippen MR) is 390 cm³/mol. The molecule has 616 valence electrons. The SMILES string of the molecule is CCOCC(c1ccccc1)n1c(C)nc2ccc(N(C)c3ccc(F)cc3)cc2c1=O.CS(=O)(=O)OC(COCC(F)(F)F)c1ccccc1.NC(COCC(F)(F)F)c1ccccc1.OC(COCC(F)(F)F)c1ccccc1.OCC(F)(F)F.[N-]=[N+]=NC(COCC(F)(F)F)c1ccccc1.c1ccc(C2CO2)cc1. The van der Waals surface area contributed by atoms with Gasteiger partial charge in [-0.1, -0.05) is 187 Å². The molecule has 10 rings (SSSR count). The second-order valence-corrected chi connectivity index (χ2v) is 25.6. The molecule has 0 aliphatic carbocycles. The molecule has 1 aliphatic heterocycles. The molecule has 1 aromatic heterocycles. The summed E-state index contributed by atoms with van der Waals surface area (Å²) in [7, 11) is -1.91. The fraction of sp³-hybridized carbons (Fsp3) is 0.351. The lowest BCUT2D eigenvalue weighted by Crippen LogP contribution is -2.31. The quantitative estimate of drug-likeness (QED) is 0.0108. The number of aromatic nitrogens is 2. The zero-order valence-corrected chi connectivity index (χ0v) is 61.8. The van der Waals surface area contributed by atoms with Crippen LogP contribution in [0.1, 0.15) is 82.6 Å². The highest BCUT2D eigenvalue weighted by molar-refractivity contribution is 7.86. The van der Waals surface area contributed by atoms with Gasteiger partial charge in [-0.05, 0) is 95.2 Å². The van der Waals surface area contributed by atoms with Crippen LogP contribution < -0.4 is 16.2 Å². The summed E-state index contributed by atoms with van der Waals surface area (Å²) in [4.78, 5) is 22.9. The number of benzene rings is 8. The summed E-state index contributed by atoms with van der Waals surface area (Å²) < 4.78 is 244. The molecule has 19 nitrogen and oxygen atoms in total. The molecule has 0 radical (unpaired) electrons. The van der Waals surface area contributed by atoms with E-state index in [9.17, 15) is 88.6 Å². The number of aryl methyl sites for hydroxylation is 1. The summed E-state index contributed by atoms with van der Waals surface area (Å²) in [5, 5.41) is 20.6. The van der Waals surface area contributed by atoms with Crippen LogP contribution >= 0.6 is 0 Å². The molecule has 9 aromatic rings. The summed E-state index contributed by atoms with van der Waals surface area (Å²) in [6.45, 7) is -2.79. The van der Waals surface area contributed by atoms with E-state index in [1.165, 1.54) is 17.7 Å². The number of ether oxygens (including phenoxy) is 6. The molecule has 2 heterocycles. The molecule has 113 heavy (non-hydrogen) atoms. The van der Waals surface area contributed by atoms with Crippen LogP contribution in [0, 0.1) is 12.7 Å². The van der Waals surface area contributed by atoms with Crippen LogP contribution in [0.2, 0.25) is 0 Å². The Morgan fingerprint density at radius 1 is 0.575 bits per heavy atom. The van der Waals surface area contributed by atoms with Crippen molar-refractivity contribution in [3.8, 4) is 0 Å². The minimum absolute atomic E-state index is 0.115. The van der Waals surface area contributed by atoms with E-state index in [1.54, 1.807) is 132 Å². The first-order valence-corrected chi connectivity index (χ1v) is 35.6. The van der Waals surface area contributed by atoms with Gasteiger partial charge < -0.3 is 49.3 Å². The Hall–Kier alpha value is -9.56. The Morgan fingerprint density at radius 2 is 0.982 bits per heavy atom. The minimum atomic E-state index is -4.47. The normalized spacial score (nSPS) is 14.0. The van der Waals surface area contributed by atoms with Gasteiger partial charge in [0.15, 0.2) is 0 Å². The highest BCUT2D eigenvalue weighted by Crippen LogP contribution is 2.31. The van der Waals surface area contributed by atoms with Gasteiger partial charge >= 0.3 is 30.9 Å². The van der Waals surface area contributed by atoms with Gasteiger partial charge in [0.25, 0.3) is 15.7 Å². The van der Waals surface area contributed by atoms with Crippen molar-refractivity contribution < 1.29 is 121 Å². The van der Waals surface area contributed by atoms with Gasteiger partial charge in [0.1, 0.15) is 63.0 Å². The number of aliphatic hydroxyl groups excluding tert-OH is 2. The molecular weight excluding hydrogens is 1550 g/mol. The standard InChI is InChI=1S/C26H26FN3O2.C11H13F3O4S.C10H10F3N3O.C10H12F3NO.C10H11F3O2.C8H8O.C2H3F3O/c1-4-32-17-25(19-8-6-5-7-9-19)30-18(2)28-24-15-14-22(16-23(24)26(30)31)29(3)21-12-10-20(27)11-13-21;1-19(15,16)18-10(7-17-8-11(12,13)14)9-5-3-2-4-6-9;11-10(12,13)7-17-6-9(15-16-14)8-4-2-1-3-5-8;2*11-10(12,13)7-15-6-9(14)8-4-2-1-3-5-8;1-2-4-7(5-3-1)8-6-9-8;3-2(4,5)1-6/h5-16,25H,4,17H2,1-3H3;2-6,10H,7-8H2,1H3;1-5,9H,6-7H2;1-5,9H,6-7,14H2;1-5,9,14H,6-7H2;1-5,8H,6H2;6H,1H2. The Balaban J connectivity index is 0.000000292. The third-order valence-corrected chi connectivity index (χ3v) is 15.3. The van der Waals surface area contributed by atoms with Crippen molar-refractivity contribution in [1.29, 1.82) is 0 Å². The van der Waals surface area contributed by atoms with Crippen molar-refractivity contribution in [2.45, 2.75) is 81.2 Å². The van der Waals surface area contributed by atoms with E-state index in [0.717, 1.165) is 35.4 Å². The van der Waals surface area contributed by atoms with Gasteiger partial charge in [-0.15, -0.1) is 0 Å². The Kier molecular flexibility index (Phi) is 40.6. The topological polar surface area (TPSA) is 255 Å². The number of halogens is 16. The predicted octanol–water partition coefficient (Wildman–Crippen LogP) is 18.0. The van der Waals surface area contributed by atoms with Gasteiger partial charge in [-0.25, -0.2) is 9.37 Å². The smallest absolute Gasteiger partial charge is 0.387 e. The van der Waals surface area contributed by atoms with Gasteiger partial charge in [0.05, 0.1) is 74.9 Å². The number of epoxide rings is 1. The first-order valence-electron chi connectivity index (χ1n) is 33.8. The molecule has 0 saturated carbocycles. The second-order valence-electron chi connectivity index (χ2n) is 24.0. The second kappa shape index (κ2) is 47.8. The lowest BCUT2D eigenvalue weighted by Gasteiger charge is -2.23. The Bertz CT molecular complexity index is 4290. The molecular formula is C77H83F16N7O12S. The number of anilines is 2. The van der Waals surface area contributed by atoms with Crippen LogP contribution in [0.5, 0.6) is 0 Å². The number of aliphatic hydroxyl groups is 2. The van der Waals surface area contributed by atoms with Crippen LogP contribution in [-0.4, -0.2) is 152 Å². The highest BCUT2D eigenvalue weighted by Gasteiger charge is 2.32. The molecule has 0 bridgehead atoms. The maximum atomic E-state index is 13.7. The average molecular weight is 1630 g/mol. The van der Waals surface area contributed by atoms with E-state index < -0.39 is 105 Å². The molecule has 8 aromatic carbocycles. The van der Waals surface area contributed by atoms with E-state index in [1.807, 2.05) is 98.6 Å². The lowest BCUT2D eigenvalue weighted by atomic mass is 10.1. The number of hydrogen-bond acceptors (Lipinski definition) is 16. The molecule has 36 heteroatoms. The minimum Gasteiger partial charge on any atom is -0.387 e. The fourth-order valence-electron chi connectivity index (χ4n) is 9.54. The largest absolute Gasteiger partial charge is 0.411 e. The zero-order valence-electron chi connectivity index (χ0n) is 61.0. The molecule has 0 spiro atoms. The Labute approximate surface area is 640 Å². The number of nitrogens with zero attached hydrogens (tertiary/aromatic N) is 6. The molecule has 4 N–H and O–H groups in total. The van der Waals surface area contributed by atoms with E-state index in [4.69, 9.17) is 35.0 Å². The number of alkyl halides is 15. The molecule has 6 unspecified atom stereocenters. The maximum Gasteiger partial charge on any atom is 0.411 e. The van der Waals surface area contributed by atoms with Crippen LogP contribution in [0.25, 0.3) is 21.3 Å². The van der Waals surface area contributed by atoms with E-state index >= 15 is 0 Å². The third-order valence-electron chi connectivity index (χ3n) is 14.8. The first-order chi connectivity index (χ1) is 53.2. The Morgan fingerprint density at radius 3 is 1.42 bits per heavy atom. The van der Waals surface area contributed by atoms with E-state index in [-0.39, 0.29) is 37.2 Å². The average Bonchev–Trinajstić information content (AvgIpc) is 1.05. The summed E-state index contributed by atoms with van der Waals surface area (Å²) in [5.41, 5.74) is 20.8. The summed E-state index contributed by atoms with van der Waals surface area (Å²) in [6.07, 6.45) is -22.8. The monoisotopic (exact) mass is 1630 g/mol. The number of fused-ring (bicyclic) bond motifs is 1. The van der Waals surface area contributed by atoms with Crippen molar-refractivity contribution in [2.24, 2.45) is 10.8 Å². The van der Waals surface area contributed by atoms with Gasteiger partial charge in [-0.2, -0.15) is 74.3 Å². The summed E-state index contributed by atoms with van der Waals surface area (Å²) in [6, 6.07) is 64.3. The number of rotatable bonds is 27. The van der Waals surface area contributed by atoms with Gasteiger partial charge in [0.2, 0.25) is 0 Å². The summed E-state index contributed by atoms with van der Waals surface area (Å²) in [5.74, 6) is 0.347. The lowest BCUT2D eigenvalue weighted by molar-refractivity contribution is -0.179. The van der Waals surface area contributed by atoms with Gasteiger partial charge in [0, 0.05) is 29.9 Å². The van der Waals surface area contributed by atoms with Crippen molar-refractivity contribution in [2.75, 3.05) is 97.5 Å². The van der Waals surface area contributed by atoms with Gasteiger partial charge in [-0.3, -0.25) is 13.5 Å². The van der Waals surface area contributed by atoms with E-state index in [2.05, 4.69) is 41.1 Å². The molecule has 1 fully saturated rings. The van der Waals surface area contributed by atoms with Crippen molar-refractivity contribution in [3.63, 3.8) is 0 Å². The molecule has 0 amide bonds. The number of nitrogens with two attached hydrogens (primary N) is 1. The van der Waals surface area contributed by atoms with E-state index in [0.29, 0.717) is 52.7 Å². The van der Waals surface area contributed by atoms with Crippen molar-refractivity contribution >= 4 is 32.4 Å².